The van der Waals surface area contributed by atoms with Crippen LogP contribution in [0.5, 0.6) is 5.75 Å². The van der Waals surface area contributed by atoms with Crippen LogP contribution in [0.2, 0.25) is 0 Å². The van der Waals surface area contributed by atoms with Gasteiger partial charge in [-0.1, -0.05) is 244 Å². The molecule has 4 aliphatic rings. The van der Waals surface area contributed by atoms with Crippen molar-refractivity contribution >= 4 is 64.0 Å². The van der Waals surface area contributed by atoms with Crippen LogP contribution in [-0.2, 0) is 68.4 Å². The molecule has 558 valence electrons. The smallest absolute Gasteiger partial charge is 0.00929 e. The molecular formula is C91H111Cl2O9PPd. The molecule has 9 nitrogen and oxygen atoms in total. The summed E-state index contributed by atoms with van der Waals surface area (Å²) in [5, 5.41) is 2.92. The Morgan fingerprint density at radius 1 is 0.500 bits per heavy atom. The van der Waals surface area contributed by atoms with Crippen molar-refractivity contribution in [2.75, 3.05) is 39.2 Å². The summed E-state index contributed by atoms with van der Waals surface area (Å²) in [6.45, 7) is 32.5. The second-order valence-electron chi connectivity index (χ2n) is 29.6. The van der Waals surface area contributed by atoms with Crippen LogP contribution in [0.25, 0.3) is 24.3 Å². The molecule has 0 spiro atoms. The van der Waals surface area contributed by atoms with Crippen LogP contribution in [0.3, 0.4) is 0 Å². The van der Waals surface area contributed by atoms with Crippen LogP contribution in [0.4, 0.5) is 0 Å². The van der Waals surface area contributed by atoms with Gasteiger partial charge in [0, 0.05) is 18.4 Å². The van der Waals surface area contributed by atoms with Gasteiger partial charge in [-0.3, -0.25) is 0 Å². The minimum atomic E-state index is -0.579. The van der Waals surface area contributed by atoms with E-state index in [0.29, 0.717) is 68.5 Å². The molecule has 4 aliphatic heterocycles. The van der Waals surface area contributed by atoms with E-state index in [4.69, 9.17) is 54.2 Å². The van der Waals surface area contributed by atoms with Gasteiger partial charge in [-0.25, -0.2) is 0 Å². The number of aryl methyl sites for hydroxylation is 1. The predicted molar refractivity (Wildman–Crippen MR) is 429 cm³/mol. The third-order valence-corrected chi connectivity index (χ3v) is 22.5. The molecule has 4 saturated heterocycles. The van der Waals surface area contributed by atoms with Crippen molar-refractivity contribution in [3.8, 4) is 5.75 Å². The SMILES string of the molecule is CC(C)c1cccc(C(C)C)c1/C=C/c1[c-]cc(CCCOC[C@@H]2O[C@H](C)[C@@H]3OC(C)(C)OC23)cc1.CC(C)c1cccc(C(C)C)c1/C=C/c1ccc(OCCOC[C@H]2O[C@@H](C)C3OC(C)(C)O[C@H]32)cc1CCl.[Cl][Pd+].c1ccc(C(CCP(c2ccccc2)c2ccccc2)c2ccccc2)cc1. The monoisotopic (exact) mass is 1550 g/mol. The van der Waals surface area contributed by atoms with Gasteiger partial charge in [0.25, 0.3) is 0 Å². The first kappa shape index (κ1) is 82.4. The molecule has 8 aromatic rings. The van der Waals surface area contributed by atoms with E-state index < -0.39 is 11.6 Å². The van der Waals surface area contributed by atoms with E-state index in [-0.39, 0.29) is 56.8 Å². The average molecular weight is 1560 g/mol. The minimum absolute atomic E-state index is 0.00693. The summed E-state index contributed by atoms with van der Waals surface area (Å²) in [5.41, 5.74) is 15.5. The van der Waals surface area contributed by atoms with Crippen molar-refractivity contribution in [3.63, 3.8) is 0 Å². The number of rotatable bonds is 28. The molecule has 0 aliphatic carbocycles. The number of hydrogen-bond acceptors (Lipinski definition) is 9. The van der Waals surface area contributed by atoms with Crippen molar-refractivity contribution in [2.24, 2.45) is 0 Å². The number of ether oxygens (including phenoxy) is 9. The van der Waals surface area contributed by atoms with Gasteiger partial charge in [-0.2, -0.15) is 5.56 Å². The van der Waals surface area contributed by atoms with Crippen LogP contribution in [0, 0.1) is 6.07 Å². The van der Waals surface area contributed by atoms with Gasteiger partial charge in [-0.15, -0.1) is 47.5 Å². The molecule has 0 saturated carbocycles. The second-order valence-corrected chi connectivity index (χ2v) is 32.2. The topological polar surface area (TPSA) is 83.1 Å². The first-order valence-corrected chi connectivity index (χ1v) is 41.4. The van der Waals surface area contributed by atoms with Crippen LogP contribution < -0.4 is 15.3 Å². The number of hydrogen-bond donors (Lipinski definition) is 0. The summed E-state index contributed by atoms with van der Waals surface area (Å²) >= 11 is 8.55. The van der Waals surface area contributed by atoms with Crippen molar-refractivity contribution in [1.82, 2.24) is 0 Å². The van der Waals surface area contributed by atoms with Gasteiger partial charge in [0.15, 0.2) is 11.6 Å². The quantitative estimate of drug-likeness (QED) is 0.0119. The molecular weight excluding hydrogens is 1450 g/mol. The predicted octanol–water partition coefficient (Wildman–Crippen LogP) is 21.7. The summed E-state index contributed by atoms with van der Waals surface area (Å²) < 4.78 is 53.8. The van der Waals surface area contributed by atoms with Gasteiger partial charge in [-0.05, 0) is 171 Å². The zero-order chi connectivity index (χ0) is 74.3. The first-order chi connectivity index (χ1) is 50.1. The molecule has 12 rings (SSSR count). The molecule has 13 heteroatoms. The maximum absolute atomic E-state index is 6.33. The fourth-order valence-electron chi connectivity index (χ4n) is 14.5. The van der Waals surface area contributed by atoms with Crippen molar-refractivity contribution in [3.05, 3.63) is 267 Å². The van der Waals surface area contributed by atoms with Gasteiger partial charge >= 0.3 is 27.7 Å². The van der Waals surface area contributed by atoms with Gasteiger partial charge in [0.05, 0.1) is 32.0 Å². The standard InChI is InChI=1S/C32H43ClO5.C32H43O4.C27H25P.ClH.Pd/c1-20(2)26-9-8-10-27(21(3)4)28(26)14-12-23-11-13-25(17-24(23)18-33)35-16-15-34-19-29-31-30(22(5)36-29)37-32(6,7)38-31;1-21(2)26-11-8-12-27(22(3)4)28(26)18-17-25-15-13-24(14-16-25)10-9-19-33-20-29-31-30(23(5)34-29)35-32(6,7)36-31;1-5-13-23(14-6-1)27(24-15-7-2-8-16-24)21-22-28(25-17-9-3-10-18-25)26-19-11-4-12-20-26;;/h8-14,17,20-22,29-31H,15-16,18-19H2,1-7H3;8,11-15,17-18,21-23,29-31H,9-10,19-20H2,1-7H3;1-20,27H,21-22H2;1H;/q;-1;;;+2/p-1/b14-12+;18-17+;;;/t22-,29+,30?,31-;23-,29+,30+,31?;;;/m01.../s1. The zero-order valence-electron chi connectivity index (χ0n) is 63.6. The van der Waals surface area contributed by atoms with Gasteiger partial charge in [0.1, 0.15) is 49.0 Å². The van der Waals surface area contributed by atoms with Crippen LogP contribution >= 0.6 is 29.1 Å². The fourth-order valence-corrected chi connectivity index (χ4v) is 17.1. The number of benzene rings is 8. The normalized spacial score (nSPS) is 20.8. The Bertz CT molecular complexity index is 3690. The largest absolute Gasteiger partial charge is 0.0622 e. The molecule has 4 heterocycles. The summed E-state index contributed by atoms with van der Waals surface area (Å²) in [6.07, 6.45) is 12.7. The van der Waals surface area contributed by atoms with Crippen LogP contribution in [-0.4, -0.2) is 99.6 Å². The van der Waals surface area contributed by atoms with Gasteiger partial charge < -0.3 is 42.6 Å². The van der Waals surface area contributed by atoms with E-state index in [2.05, 4.69) is 295 Å². The fraction of sp³-hybridized carbons (Fsp3) is 0.429. The van der Waals surface area contributed by atoms with E-state index in [0.717, 1.165) is 41.7 Å². The molecule has 4 fully saturated rings. The van der Waals surface area contributed by atoms with Crippen molar-refractivity contribution in [1.29, 1.82) is 0 Å². The van der Waals surface area contributed by atoms with Gasteiger partial charge in [0.2, 0.25) is 0 Å². The Kier molecular flexibility index (Phi) is 32.1. The molecule has 8 atom stereocenters. The first-order valence-electron chi connectivity index (χ1n) is 37.4. The third kappa shape index (κ3) is 23.2. The summed E-state index contributed by atoms with van der Waals surface area (Å²) in [4.78, 5) is 0. The second kappa shape index (κ2) is 40.5. The van der Waals surface area contributed by atoms with Crippen molar-refractivity contribution < 1.29 is 60.8 Å². The maximum atomic E-state index is 6.33. The Morgan fingerprint density at radius 3 is 1.38 bits per heavy atom. The molecule has 0 amide bonds. The van der Waals surface area contributed by atoms with Crippen LogP contribution in [0.1, 0.15) is 206 Å². The minimum Gasteiger partial charge on any atom is -0.0622 e. The number of halogens is 2. The Balaban J connectivity index is 0.000000181. The van der Waals surface area contributed by atoms with E-state index in [9.17, 15) is 0 Å². The Morgan fingerprint density at radius 2 is 0.942 bits per heavy atom. The zero-order valence-corrected chi connectivity index (χ0v) is 67.5. The summed E-state index contributed by atoms with van der Waals surface area (Å²) in [7, 11) is 4.12. The molecule has 2 unspecified atom stereocenters. The maximum Gasteiger partial charge on any atom is 0.00929 e. The van der Waals surface area contributed by atoms with E-state index in [1.807, 2.05) is 53.7 Å². The van der Waals surface area contributed by atoms with Crippen molar-refractivity contribution in [2.45, 2.75) is 212 Å². The Labute approximate surface area is 644 Å². The van der Waals surface area contributed by atoms with Crippen LogP contribution in [0.15, 0.2) is 194 Å². The number of alkyl halides is 1. The van der Waals surface area contributed by atoms with E-state index in [1.165, 1.54) is 66.8 Å². The summed E-state index contributed by atoms with van der Waals surface area (Å²) in [6, 6.07) is 73.2. The molecule has 104 heavy (non-hydrogen) atoms. The molecule has 0 radical (unpaired) electrons. The molecule has 0 N–H and O–H groups in total. The third-order valence-electron chi connectivity index (χ3n) is 19.6. The van der Waals surface area contributed by atoms with E-state index >= 15 is 0 Å². The summed E-state index contributed by atoms with van der Waals surface area (Å²) in [5.74, 6) is 2.40. The molecule has 8 aromatic carbocycles. The number of fused-ring (bicyclic) bond motifs is 2. The average Bonchev–Trinajstić information content (AvgIpc) is 1.62. The molecule has 0 aromatic heterocycles. The Hall–Kier alpha value is -5.61. The van der Waals surface area contributed by atoms with E-state index in [1.54, 1.807) is 0 Å². The molecule has 0 bridgehead atoms.